The molecule has 0 saturated heterocycles. The minimum atomic E-state index is -0.481. The second kappa shape index (κ2) is 8.85. The van der Waals surface area contributed by atoms with E-state index in [0.29, 0.717) is 17.8 Å². The van der Waals surface area contributed by atoms with Gasteiger partial charge < -0.3 is 21.7 Å². The highest BCUT2D eigenvalue weighted by Crippen LogP contribution is 2.33. The van der Waals surface area contributed by atoms with E-state index in [0.717, 1.165) is 10.9 Å². The van der Waals surface area contributed by atoms with Gasteiger partial charge >= 0.3 is 6.03 Å². The SMILES string of the molecule is Cc1cc2c(CC(=O)Nc3cccc(NC(=O)NCCC(N)=O)c3)csc2s1. The van der Waals surface area contributed by atoms with Gasteiger partial charge in [0.2, 0.25) is 11.8 Å². The number of benzene rings is 1. The molecule has 2 aromatic heterocycles. The molecule has 4 amide bonds. The van der Waals surface area contributed by atoms with Crippen LogP contribution < -0.4 is 21.7 Å². The van der Waals surface area contributed by atoms with Crippen LogP contribution >= 0.6 is 22.7 Å². The van der Waals surface area contributed by atoms with Crippen molar-refractivity contribution < 1.29 is 14.4 Å². The molecule has 0 radical (unpaired) electrons. The zero-order valence-electron chi connectivity index (χ0n) is 15.2. The fourth-order valence-electron chi connectivity index (χ4n) is 2.66. The van der Waals surface area contributed by atoms with E-state index in [1.807, 2.05) is 5.38 Å². The lowest BCUT2D eigenvalue weighted by molar-refractivity contribution is -0.118. The summed E-state index contributed by atoms with van der Waals surface area (Å²) in [6.07, 6.45) is 0.366. The summed E-state index contributed by atoms with van der Waals surface area (Å²) < 4.78 is 1.23. The van der Waals surface area contributed by atoms with Gasteiger partial charge in [0.05, 0.1) is 10.4 Å². The molecule has 0 fully saturated rings. The Balaban J connectivity index is 1.57. The first-order chi connectivity index (χ1) is 13.4. The highest BCUT2D eigenvalue weighted by Gasteiger charge is 2.12. The highest BCUT2D eigenvalue weighted by atomic mass is 32.2. The normalized spacial score (nSPS) is 10.6. The number of carbonyl (C=O) groups excluding carboxylic acids is 3. The third-order valence-corrected chi connectivity index (χ3v) is 6.11. The largest absolute Gasteiger partial charge is 0.370 e. The second-order valence-electron chi connectivity index (χ2n) is 6.22. The Morgan fingerprint density at radius 1 is 1.11 bits per heavy atom. The molecular formula is C19H20N4O3S2. The van der Waals surface area contributed by atoms with Gasteiger partial charge in [0.25, 0.3) is 0 Å². The molecule has 28 heavy (non-hydrogen) atoms. The molecule has 0 atom stereocenters. The number of hydrogen-bond donors (Lipinski definition) is 4. The van der Waals surface area contributed by atoms with Crippen molar-refractivity contribution in [2.24, 2.45) is 5.73 Å². The van der Waals surface area contributed by atoms with Crippen molar-refractivity contribution in [3.8, 4) is 0 Å². The van der Waals surface area contributed by atoms with E-state index in [1.165, 1.54) is 8.89 Å². The molecule has 0 aliphatic heterocycles. The summed E-state index contributed by atoms with van der Waals surface area (Å²) in [6, 6.07) is 8.54. The number of nitrogens with one attached hydrogen (secondary N) is 3. The number of carbonyl (C=O) groups is 3. The molecule has 1 aromatic carbocycles. The summed E-state index contributed by atoms with van der Waals surface area (Å²) in [6.45, 7) is 2.22. The van der Waals surface area contributed by atoms with Crippen LogP contribution in [0.5, 0.6) is 0 Å². The molecule has 146 valence electrons. The van der Waals surface area contributed by atoms with Gasteiger partial charge in [-0.25, -0.2) is 4.79 Å². The lowest BCUT2D eigenvalue weighted by atomic mass is 10.1. The number of aryl methyl sites for hydroxylation is 1. The fourth-order valence-corrected chi connectivity index (χ4v) is 4.93. The van der Waals surface area contributed by atoms with Crippen LogP contribution in [-0.4, -0.2) is 24.4 Å². The first-order valence-corrected chi connectivity index (χ1v) is 10.3. The molecule has 0 aliphatic carbocycles. The Hall–Kier alpha value is -2.91. The summed E-state index contributed by atoms with van der Waals surface area (Å²) in [7, 11) is 0. The van der Waals surface area contributed by atoms with Gasteiger partial charge in [-0.15, -0.1) is 22.7 Å². The molecule has 0 unspecified atom stereocenters. The molecular weight excluding hydrogens is 396 g/mol. The number of urea groups is 1. The van der Waals surface area contributed by atoms with E-state index in [-0.39, 0.29) is 18.9 Å². The Bertz CT molecular complexity index is 1030. The van der Waals surface area contributed by atoms with Crippen LogP contribution in [0.3, 0.4) is 0 Å². The number of primary amides is 1. The maximum absolute atomic E-state index is 12.4. The Morgan fingerprint density at radius 2 is 1.86 bits per heavy atom. The predicted octanol–water partition coefficient (Wildman–Crippen LogP) is 3.45. The minimum absolute atomic E-state index is 0.0724. The average molecular weight is 417 g/mol. The summed E-state index contributed by atoms with van der Waals surface area (Å²) in [5.74, 6) is -0.600. The van der Waals surface area contributed by atoms with Crippen molar-refractivity contribution >= 4 is 61.3 Å². The minimum Gasteiger partial charge on any atom is -0.370 e. The highest BCUT2D eigenvalue weighted by molar-refractivity contribution is 7.37. The van der Waals surface area contributed by atoms with E-state index >= 15 is 0 Å². The number of thiophene rings is 2. The molecule has 9 heteroatoms. The van der Waals surface area contributed by atoms with Crippen molar-refractivity contribution in [2.75, 3.05) is 17.2 Å². The molecule has 7 nitrogen and oxygen atoms in total. The summed E-state index contributed by atoms with van der Waals surface area (Å²) >= 11 is 3.39. The van der Waals surface area contributed by atoms with Crippen LogP contribution in [0.4, 0.5) is 16.2 Å². The zero-order valence-corrected chi connectivity index (χ0v) is 16.8. The first-order valence-electron chi connectivity index (χ1n) is 8.60. The molecule has 0 aliphatic rings. The smallest absolute Gasteiger partial charge is 0.319 e. The van der Waals surface area contributed by atoms with Gasteiger partial charge in [-0.05, 0) is 42.1 Å². The van der Waals surface area contributed by atoms with Gasteiger partial charge in [0, 0.05) is 34.6 Å². The van der Waals surface area contributed by atoms with Gasteiger partial charge in [0.15, 0.2) is 0 Å². The standard InChI is InChI=1S/C19H20N4O3S2/c1-11-7-15-12(10-27-18(15)28-11)8-17(25)22-13-3-2-4-14(9-13)23-19(26)21-6-5-16(20)24/h2-4,7,9-10H,5-6,8H2,1H3,(H2,20,24)(H,22,25)(H2,21,23,26). The summed E-state index contributed by atoms with van der Waals surface area (Å²) in [4.78, 5) is 36.1. The van der Waals surface area contributed by atoms with E-state index in [4.69, 9.17) is 5.73 Å². The van der Waals surface area contributed by atoms with E-state index in [2.05, 4.69) is 28.9 Å². The molecule has 3 aromatic rings. The maximum atomic E-state index is 12.4. The summed E-state index contributed by atoms with van der Waals surface area (Å²) in [5.41, 5.74) is 7.17. The second-order valence-corrected chi connectivity index (χ2v) is 8.62. The molecule has 2 heterocycles. The fraction of sp³-hybridized carbons (Fsp3) is 0.211. The van der Waals surface area contributed by atoms with Gasteiger partial charge in [0.1, 0.15) is 0 Å². The molecule has 0 spiro atoms. The topological polar surface area (TPSA) is 113 Å². The number of rotatable bonds is 7. The number of anilines is 2. The van der Waals surface area contributed by atoms with Gasteiger partial charge in [-0.2, -0.15) is 0 Å². The van der Waals surface area contributed by atoms with E-state index in [9.17, 15) is 14.4 Å². The van der Waals surface area contributed by atoms with Crippen molar-refractivity contribution in [2.45, 2.75) is 19.8 Å². The van der Waals surface area contributed by atoms with Crippen LogP contribution in [0.1, 0.15) is 16.9 Å². The monoisotopic (exact) mass is 416 g/mol. The number of hydrogen-bond acceptors (Lipinski definition) is 5. The van der Waals surface area contributed by atoms with Gasteiger partial charge in [-0.1, -0.05) is 6.07 Å². The molecule has 5 N–H and O–H groups in total. The average Bonchev–Trinajstić information content (AvgIpc) is 3.15. The Kier molecular flexibility index (Phi) is 6.27. The van der Waals surface area contributed by atoms with Crippen LogP contribution in [-0.2, 0) is 16.0 Å². The Labute approximate surface area is 169 Å². The number of nitrogens with two attached hydrogens (primary N) is 1. The Morgan fingerprint density at radius 3 is 2.61 bits per heavy atom. The van der Waals surface area contributed by atoms with E-state index in [1.54, 1.807) is 46.9 Å². The third kappa shape index (κ3) is 5.30. The lowest BCUT2D eigenvalue weighted by Crippen LogP contribution is -2.31. The van der Waals surface area contributed by atoms with Crippen LogP contribution in [0.15, 0.2) is 35.7 Å². The maximum Gasteiger partial charge on any atom is 0.319 e. The van der Waals surface area contributed by atoms with Crippen molar-refractivity contribution in [1.82, 2.24) is 5.32 Å². The predicted molar refractivity (Wildman–Crippen MR) is 114 cm³/mol. The first kappa shape index (κ1) is 19.8. The number of amides is 4. The van der Waals surface area contributed by atoms with E-state index < -0.39 is 11.9 Å². The van der Waals surface area contributed by atoms with Crippen molar-refractivity contribution in [1.29, 1.82) is 0 Å². The summed E-state index contributed by atoms with van der Waals surface area (Å²) in [5, 5.41) is 11.2. The molecule has 0 saturated carbocycles. The van der Waals surface area contributed by atoms with Gasteiger partial charge in [-0.3, -0.25) is 9.59 Å². The van der Waals surface area contributed by atoms with Crippen LogP contribution in [0.25, 0.3) is 9.40 Å². The van der Waals surface area contributed by atoms with Crippen LogP contribution in [0, 0.1) is 6.92 Å². The third-order valence-electron chi connectivity index (χ3n) is 3.89. The zero-order chi connectivity index (χ0) is 20.1. The molecule has 3 rings (SSSR count). The quantitative estimate of drug-likeness (QED) is 0.473. The van der Waals surface area contributed by atoms with Crippen molar-refractivity contribution in [3.05, 3.63) is 46.2 Å². The van der Waals surface area contributed by atoms with Crippen LogP contribution in [0.2, 0.25) is 0 Å². The van der Waals surface area contributed by atoms with Crippen molar-refractivity contribution in [3.63, 3.8) is 0 Å². The number of fused-ring (bicyclic) bond motifs is 1. The molecule has 0 bridgehead atoms. The lowest BCUT2D eigenvalue weighted by Gasteiger charge is -2.09.